The van der Waals surface area contributed by atoms with Crippen molar-refractivity contribution in [2.45, 2.75) is 18.9 Å². The number of carbonyl (C=O) groups is 1. The van der Waals surface area contributed by atoms with Crippen molar-refractivity contribution < 1.29 is 27.4 Å². The molecule has 0 aromatic heterocycles. The summed E-state index contributed by atoms with van der Waals surface area (Å²) in [7, 11) is 1.19. The standard InChI is InChI=1S/C12H14F3NO3/c1-3-19-11(17)12(14,15)10(16)9-7(13)5-4-6-8(9)18-2/h4-6,10H,3,16H2,1-2H3/t10-/m0/s1. The normalized spacial score (nSPS) is 12.9. The average molecular weight is 277 g/mol. The van der Waals surface area contributed by atoms with Gasteiger partial charge in [0.15, 0.2) is 0 Å². The molecule has 0 spiro atoms. The third-order valence-electron chi connectivity index (χ3n) is 2.48. The Kier molecular flexibility index (Phi) is 4.77. The first kappa shape index (κ1) is 15.3. The number of hydrogen-bond acceptors (Lipinski definition) is 4. The number of alkyl halides is 2. The summed E-state index contributed by atoms with van der Waals surface area (Å²) in [6.45, 7) is 1.15. The van der Waals surface area contributed by atoms with E-state index in [1.807, 2.05) is 0 Å². The second-order valence-electron chi connectivity index (χ2n) is 3.68. The molecule has 1 atom stereocenters. The van der Waals surface area contributed by atoms with Crippen LogP contribution in [0.1, 0.15) is 18.5 Å². The van der Waals surface area contributed by atoms with E-state index in [0.29, 0.717) is 0 Å². The van der Waals surface area contributed by atoms with E-state index in [4.69, 9.17) is 10.5 Å². The molecule has 0 heterocycles. The first-order valence-electron chi connectivity index (χ1n) is 5.49. The third-order valence-corrected chi connectivity index (χ3v) is 2.48. The van der Waals surface area contributed by atoms with Crippen LogP contribution in [0.25, 0.3) is 0 Å². The number of methoxy groups -OCH3 is 1. The van der Waals surface area contributed by atoms with Gasteiger partial charge in [-0.2, -0.15) is 8.78 Å². The topological polar surface area (TPSA) is 61.5 Å². The first-order chi connectivity index (χ1) is 8.86. The Labute approximate surface area is 108 Å². The quantitative estimate of drug-likeness (QED) is 0.836. The maximum Gasteiger partial charge on any atom is 0.379 e. The van der Waals surface area contributed by atoms with Crippen LogP contribution in [0.2, 0.25) is 0 Å². The first-order valence-corrected chi connectivity index (χ1v) is 5.49. The molecule has 0 saturated carbocycles. The van der Waals surface area contributed by atoms with Crippen molar-refractivity contribution in [3.05, 3.63) is 29.6 Å². The van der Waals surface area contributed by atoms with Crippen LogP contribution in [0.4, 0.5) is 13.2 Å². The fraction of sp³-hybridized carbons (Fsp3) is 0.417. The number of halogens is 3. The largest absolute Gasteiger partial charge is 0.496 e. The molecule has 4 nitrogen and oxygen atoms in total. The summed E-state index contributed by atoms with van der Waals surface area (Å²) in [5.74, 6) is -6.98. The Balaban J connectivity index is 3.19. The van der Waals surface area contributed by atoms with Crippen molar-refractivity contribution >= 4 is 5.97 Å². The molecule has 7 heteroatoms. The van der Waals surface area contributed by atoms with Gasteiger partial charge in [0, 0.05) is 0 Å². The molecule has 106 valence electrons. The van der Waals surface area contributed by atoms with Gasteiger partial charge >= 0.3 is 11.9 Å². The van der Waals surface area contributed by atoms with Gasteiger partial charge in [-0.3, -0.25) is 0 Å². The highest BCUT2D eigenvalue weighted by atomic mass is 19.3. The van der Waals surface area contributed by atoms with E-state index in [9.17, 15) is 18.0 Å². The molecule has 1 rings (SSSR count). The lowest BCUT2D eigenvalue weighted by Crippen LogP contribution is -2.42. The summed E-state index contributed by atoms with van der Waals surface area (Å²) in [5, 5.41) is 0. The van der Waals surface area contributed by atoms with Gasteiger partial charge in [0.25, 0.3) is 0 Å². The lowest BCUT2D eigenvalue weighted by atomic mass is 9.99. The fourth-order valence-electron chi connectivity index (χ4n) is 1.53. The van der Waals surface area contributed by atoms with Crippen LogP contribution in [0.15, 0.2) is 18.2 Å². The van der Waals surface area contributed by atoms with Crippen molar-refractivity contribution in [3.8, 4) is 5.75 Å². The summed E-state index contributed by atoms with van der Waals surface area (Å²) >= 11 is 0. The minimum atomic E-state index is -4.05. The zero-order chi connectivity index (χ0) is 14.6. The molecule has 2 N–H and O–H groups in total. The van der Waals surface area contributed by atoms with Crippen molar-refractivity contribution in [3.63, 3.8) is 0 Å². The van der Waals surface area contributed by atoms with Crippen LogP contribution in [0.3, 0.4) is 0 Å². The molecule has 1 aromatic rings. The highest BCUT2D eigenvalue weighted by molar-refractivity contribution is 5.79. The minimum Gasteiger partial charge on any atom is -0.496 e. The SMILES string of the molecule is CCOC(=O)C(F)(F)[C@@H](N)c1c(F)cccc1OC. The van der Waals surface area contributed by atoms with Gasteiger partial charge in [0.2, 0.25) is 0 Å². The van der Waals surface area contributed by atoms with Crippen molar-refractivity contribution in [2.75, 3.05) is 13.7 Å². The molecule has 0 fully saturated rings. The van der Waals surface area contributed by atoms with E-state index in [2.05, 4.69) is 4.74 Å². The van der Waals surface area contributed by atoms with Gasteiger partial charge in [-0.25, -0.2) is 9.18 Å². The molecule has 0 saturated heterocycles. The van der Waals surface area contributed by atoms with Gasteiger partial charge in [0.1, 0.15) is 17.6 Å². The summed E-state index contributed by atoms with van der Waals surface area (Å²) in [6, 6.07) is 1.33. The Morgan fingerprint density at radius 2 is 2.11 bits per heavy atom. The van der Waals surface area contributed by atoms with E-state index in [0.717, 1.165) is 6.07 Å². The predicted molar refractivity (Wildman–Crippen MR) is 61.5 cm³/mol. The van der Waals surface area contributed by atoms with Gasteiger partial charge in [-0.05, 0) is 19.1 Å². The number of hydrogen-bond donors (Lipinski definition) is 1. The van der Waals surface area contributed by atoms with Gasteiger partial charge < -0.3 is 15.2 Å². The zero-order valence-corrected chi connectivity index (χ0v) is 10.5. The Morgan fingerprint density at radius 1 is 1.47 bits per heavy atom. The van der Waals surface area contributed by atoms with Gasteiger partial charge in [-0.1, -0.05) is 6.07 Å². The van der Waals surface area contributed by atoms with Crippen LogP contribution in [-0.4, -0.2) is 25.6 Å². The van der Waals surface area contributed by atoms with E-state index in [-0.39, 0.29) is 12.4 Å². The van der Waals surface area contributed by atoms with Crippen molar-refractivity contribution in [1.29, 1.82) is 0 Å². The van der Waals surface area contributed by atoms with Crippen LogP contribution in [0, 0.1) is 5.82 Å². The second-order valence-corrected chi connectivity index (χ2v) is 3.68. The number of carbonyl (C=O) groups excluding carboxylic acids is 1. The van der Waals surface area contributed by atoms with E-state index < -0.39 is 29.3 Å². The minimum absolute atomic E-state index is 0.156. The molecular weight excluding hydrogens is 263 g/mol. The Hall–Kier alpha value is -1.76. The summed E-state index contributed by atoms with van der Waals surface area (Å²) in [4.78, 5) is 11.2. The van der Waals surface area contributed by atoms with Crippen molar-refractivity contribution in [2.24, 2.45) is 5.73 Å². The lowest BCUT2D eigenvalue weighted by molar-refractivity contribution is -0.175. The van der Waals surface area contributed by atoms with E-state index >= 15 is 0 Å². The van der Waals surface area contributed by atoms with Gasteiger partial charge in [0.05, 0.1) is 19.3 Å². The van der Waals surface area contributed by atoms with Crippen LogP contribution in [-0.2, 0) is 9.53 Å². The lowest BCUT2D eigenvalue weighted by Gasteiger charge is -2.23. The summed E-state index contributed by atoms with van der Waals surface area (Å²) < 4.78 is 50.1. The summed E-state index contributed by atoms with van der Waals surface area (Å²) in [5.41, 5.74) is 4.74. The zero-order valence-electron chi connectivity index (χ0n) is 10.5. The number of esters is 1. The summed E-state index contributed by atoms with van der Waals surface area (Å²) in [6.07, 6.45) is 0. The molecule has 1 aromatic carbocycles. The van der Waals surface area contributed by atoms with E-state index in [1.165, 1.54) is 26.2 Å². The monoisotopic (exact) mass is 277 g/mol. The molecule has 0 amide bonds. The number of benzene rings is 1. The molecular formula is C12H14F3NO3. The maximum atomic E-state index is 13.8. The smallest absolute Gasteiger partial charge is 0.379 e. The molecule has 0 aliphatic carbocycles. The molecule has 19 heavy (non-hydrogen) atoms. The van der Waals surface area contributed by atoms with Crippen LogP contribution >= 0.6 is 0 Å². The molecule has 0 radical (unpaired) electrons. The van der Waals surface area contributed by atoms with E-state index in [1.54, 1.807) is 0 Å². The van der Waals surface area contributed by atoms with Crippen LogP contribution < -0.4 is 10.5 Å². The maximum absolute atomic E-state index is 13.8. The third kappa shape index (κ3) is 2.98. The number of nitrogens with two attached hydrogens (primary N) is 1. The highest BCUT2D eigenvalue weighted by Gasteiger charge is 2.49. The number of rotatable bonds is 5. The number of ether oxygens (including phenoxy) is 2. The Morgan fingerprint density at radius 3 is 2.63 bits per heavy atom. The highest BCUT2D eigenvalue weighted by Crippen LogP contribution is 2.36. The molecule has 0 bridgehead atoms. The fourth-order valence-corrected chi connectivity index (χ4v) is 1.53. The molecule has 0 unspecified atom stereocenters. The van der Waals surface area contributed by atoms with Gasteiger partial charge in [-0.15, -0.1) is 0 Å². The predicted octanol–water partition coefficient (Wildman–Crippen LogP) is 2.03. The second kappa shape index (κ2) is 5.92. The Bertz CT molecular complexity index is 466. The van der Waals surface area contributed by atoms with Crippen LogP contribution in [0.5, 0.6) is 5.75 Å². The molecule has 0 aliphatic rings. The van der Waals surface area contributed by atoms with Crippen molar-refractivity contribution in [1.82, 2.24) is 0 Å². The molecule has 0 aliphatic heterocycles. The average Bonchev–Trinajstić information content (AvgIpc) is 2.37.